The van der Waals surface area contributed by atoms with E-state index in [0.717, 1.165) is 31.2 Å². The van der Waals surface area contributed by atoms with Gasteiger partial charge < -0.3 is 15.3 Å². The number of aliphatic hydroxyl groups excluding tert-OH is 1. The van der Waals surface area contributed by atoms with Crippen molar-refractivity contribution >= 4 is 5.97 Å². The van der Waals surface area contributed by atoms with Crippen molar-refractivity contribution in [1.82, 2.24) is 5.32 Å². The average Bonchev–Trinajstić information content (AvgIpc) is 2.42. The standard InChI is InChI=1S/C15H21NO4/c17-11-7-5-10(6-8-11)9-13(15(19)20)16-12-3-1-2-4-14(12)18/h5-8,12-14,16-18H,1-4,9H2,(H,19,20)/t12-,13+,14+/m1/s1. The molecular formula is C15H21NO4. The number of rotatable bonds is 5. The fourth-order valence-electron chi connectivity index (χ4n) is 2.65. The predicted octanol–water partition coefficient (Wildman–Crippen LogP) is 1.28. The highest BCUT2D eigenvalue weighted by Crippen LogP contribution is 2.19. The molecule has 0 unspecified atom stereocenters. The second-order valence-corrected chi connectivity index (χ2v) is 5.39. The summed E-state index contributed by atoms with van der Waals surface area (Å²) in [6, 6.07) is 5.64. The van der Waals surface area contributed by atoms with E-state index in [1.807, 2.05) is 0 Å². The van der Waals surface area contributed by atoms with Crippen LogP contribution in [0.15, 0.2) is 24.3 Å². The van der Waals surface area contributed by atoms with E-state index in [4.69, 9.17) is 0 Å². The predicted molar refractivity (Wildman–Crippen MR) is 74.6 cm³/mol. The van der Waals surface area contributed by atoms with E-state index < -0.39 is 18.1 Å². The Morgan fingerprint density at radius 1 is 1.25 bits per heavy atom. The van der Waals surface area contributed by atoms with Crippen LogP contribution in [-0.4, -0.2) is 39.5 Å². The Bertz CT molecular complexity index is 446. The quantitative estimate of drug-likeness (QED) is 0.652. The average molecular weight is 279 g/mol. The highest BCUT2D eigenvalue weighted by Gasteiger charge is 2.28. The number of phenols is 1. The van der Waals surface area contributed by atoms with Gasteiger partial charge in [0.15, 0.2) is 0 Å². The molecule has 0 radical (unpaired) electrons. The van der Waals surface area contributed by atoms with Crippen molar-refractivity contribution in [1.29, 1.82) is 0 Å². The summed E-state index contributed by atoms with van der Waals surface area (Å²) in [5.74, 6) is -0.757. The van der Waals surface area contributed by atoms with E-state index in [9.17, 15) is 20.1 Å². The molecule has 0 amide bonds. The van der Waals surface area contributed by atoms with E-state index in [0.29, 0.717) is 6.42 Å². The van der Waals surface area contributed by atoms with Gasteiger partial charge in [0.2, 0.25) is 0 Å². The Morgan fingerprint density at radius 2 is 1.90 bits per heavy atom. The van der Waals surface area contributed by atoms with E-state index in [2.05, 4.69) is 5.32 Å². The van der Waals surface area contributed by atoms with Gasteiger partial charge in [-0.25, -0.2) is 0 Å². The van der Waals surface area contributed by atoms with Crippen molar-refractivity contribution in [2.24, 2.45) is 0 Å². The second kappa shape index (κ2) is 6.72. The zero-order valence-corrected chi connectivity index (χ0v) is 11.3. The van der Waals surface area contributed by atoms with Crippen molar-refractivity contribution in [3.63, 3.8) is 0 Å². The molecule has 4 N–H and O–H groups in total. The van der Waals surface area contributed by atoms with Crippen LogP contribution in [0.25, 0.3) is 0 Å². The van der Waals surface area contributed by atoms with Crippen molar-refractivity contribution in [2.75, 3.05) is 0 Å². The lowest BCUT2D eigenvalue weighted by atomic mass is 9.91. The van der Waals surface area contributed by atoms with Gasteiger partial charge in [0.25, 0.3) is 0 Å². The number of hydrogen-bond acceptors (Lipinski definition) is 4. The minimum absolute atomic E-state index is 0.151. The molecule has 0 heterocycles. The van der Waals surface area contributed by atoms with Gasteiger partial charge in [0, 0.05) is 6.04 Å². The Labute approximate surface area is 118 Å². The summed E-state index contributed by atoms with van der Waals surface area (Å²) in [5, 5.41) is 31.5. The zero-order chi connectivity index (χ0) is 14.5. The first-order valence-corrected chi connectivity index (χ1v) is 7.01. The van der Waals surface area contributed by atoms with Crippen LogP contribution in [0.5, 0.6) is 5.75 Å². The molecule has 1 saturated carbocycles. The van der Waals surface area contributed by atoms with Crippen LogP contribution in [0.4, 0.5) is 0 Å². The lowest BCUT2D eigenvalue weighted by Gasteiger charge is -2.31. The smallest absolute Gasteiger partial charge is 0.321 e. The van der Waals surface area contributed by atoms with Crippen LogP contribution < -0.4 is 5.32 Å². The van der Waals surface area contributed by atoms with Crippen molar-refractivity contribution < 1.29 is 20.1 Å². The number of carboxylic acid groups (broad SMARTS) is 1. The maximum atomic E-state index is 11.4. The molecule has 2 rings (SSSR count). The molecule has 1 aliphatic rings. The van der Waals surface area contributed by atoms with Crippen LogP contribution >= 0.6 is 0 Å². The number of hydrogen-bond donors (Lipinski definition) is 4. The largest absolute Gasteiger partial charge is 0.508 e. The number of nitrogens with one attached hydrogen (secondary N) is 1. The van der Waals surface area contributed by atoms with Gasteiger partial charge in [0.1, 0.15) is 11.8 Å². The molecule has 0 aliphatic heterocycles. The summed E-state index contributed by atoms with van der Waals surface area (Å²) in [5.41, 5.74) is 0.841. The van der Waals surface area contributed by atoms with Crippen molar-refractivity contribution in [3.05, 3.63) is 29.8 Å². The molecule has 1 aliphatic carbocycles. The third-order valence-electron chi connectivity index (χ3n) is 3.82. The number of aliphatic carboxylic acids is 1. The number of phenolic OH excluding ortho intramolecular Hbond substituents is 1. The Morgan fingerprint density at radius 3 is 2.50 bits per heavy atom. The monoisotopic (exact) mass is 279 g/mol. The lowest BCUT2D eigenvalue weighted by Crippen LogP contribution is -2.50. The number of aromatic hydroxyl groups is 1. The van der Waals surface area contributed by atoms with E-state index in [1.54, 1.807) is 24.3 Å². The molecule has 0 spiro atoms. The minimum Gasteiger partial charge on any atom is -0.508 e. The molecule has 5 heteroatoms. The summed E-state index contributed by atoms with van der Waals surface area (Å²) < 4.78 is 0. The van der Waals surface area contributed by atoms with Crippen LogP contribution in [-0.2, 0) is 11.2 Å². The molecule has 20 heavy (non-hydrogen) atoms. The number of carboxylic acids is 1. The molecule has 0 bridgehead atoms. The fourth-order valence-corrected chi connectivity index (χ4v) is 2.65. The van der Waals surface area contributed by atoms with Crippen LogP contribution in [0.2, 0.25) is 0 Å². The van der Waals surface area contributed by atoms with Gasteiger partial charge in [0.05, 0.1) is 6.10 Å². The highest BCUT2D eigenvalue weighted by atomic mass is 16.4. The Kier molecular flexibility index (Phi) is 4.98. The minimum atomic E-state index is -0.921. The third-order valence-corrected chi connectivity index (χ3v) is 3.82. The van der Waals surface area contributed by atoms with Gasteiger partial charge in [-0.3, -0.25) is 10.1 Å². The van der Waals surface area contributed by atoms with Gasteiger partial charge in [-0.05, 0) is 37.0 Å². The molecule has 0 aromatic heterocycles. The molecular weight excluding hydrogens is 258 g/mol. The summed E-state index contributed by atoms with van der Waals surface area (Å²) in [6.45, 7) is 0. The Hall–Kier alpha value is -1.59. The van der Waals surface area contributed by atoms with Crippen molar-refractivity contribution in [2.45, 2.75) is 50.3 Å². The molecule has 0 saturated heterocycles. The molecule has 1 fully saturated rings. The second-order valence-electron chi connectivity index (χ2n) is 5.39. The van der Waals surface area contributed by atoms with Gasteiger partial charge in [-0.15, -0.1) is 0 Å². The summed E-state index contributed by atoms with van der Waals surface area (Å²) in [4.78, 5) is 11.4. The van der Waals surface area contributed by atoms with E-state index in [-0.39, 0.29) is 11.8 Å². The van der Waals surface area contributed by atoms with E-state index in [1.165, 1.54) is 0 Å². The highest BCUT2D eigenvalue weighted by molar-refractivity contribution is 5.74. The SMILES string of the molecule is O=C(O)[C@H](Cc1ccc(O)cc1)N[C@@H]1CCCC[C@@H]1O. The number of carbonyl (C=O) groups is 1. The number of aliphatic hydroxyl groups is 1. The molecule has 1 aromatic carbocycles. The van der Waals surface area contributed by atoms with Gasteiger partial charge in [-0.1, -0.05) is 25.0 Å². The first-order valence-electron chi connectivity index (χ1n) is 7.01. The van der Waals surface area contributed by atoms with Gasteiger partial charge >= 0.3 is 5.97 Å². The summed E-state index contributed by atoms with van der Waals surface area (Å²) >= 11 is 0. The molecule has 3 atom stereocenters. The zero-order valence-electron chi connectivity index (χ0n) is 11.3. The summed E-state index contributed by atoms with van der Waals surface area (Å²) in [6.07, 6.45) is 3.41. The van der Waals surface area contributed by atoms with Crippen LogP contribution in [0, 0.1) is 0 Å². The van der Waals surface area contributed by atoms with E-state index >= 15 is 0 Å². The first kappa shape index (κ1) is 14.8. The fraction of sp³-hybridized carbons (Fsp3) is 0.533. The normalized spacial score (nSPS) is 24.2. The molecule has 1 aromatic rings. The Balaban J connectivity index is 1.99. The van der Waals surface area contributed by atoms with Gasteiger partial charge in [-0.2, -0.15) is 0 Å². The molecule has 5 nitrogen and oxygen atoms in total. The topological polar surface area (TPSA) is 89.8 Å². The maximum Gasteiger partial charge on any atom is 0.321 e. The summed E-state index contributed by atoms with van der Waals surface area (Å²) in [7, 11) is 0. The van der Waals surface area contributed by atoms with Crippen LogP contribution in [0.3, 0.4) is 0 Å². The lowest BCUT2D eigenvalue weighted by molar-refractivity contribution is -0.140. The van der Waals surface area contributed by atoms with Crippen LogP contribution in [0.1, 0.15) is 31.2 Å². The maximum absolute atomic E-state index is 11.4. The first-order chi connectivity index (χ1) is 9.56. The third kappa shape index (κ3) is 3.95. The van der Waals surface area contributed by atoms with Crippen molar-refractivity contribution in [3.8, 4) is 5.75 Å². The number of benzene rings is 1. The molecule has 110 valence electrons.